The normalized spacial score (nSPS) is 25.7. The van der Waals surface area contributed by atoms with Gasteiger partial charge < -0.3 is 35.5 Å². The van der Waals surface area contributed by atoms with E-state index in [4.69, 9.17) is 10.2 Å². The number of fused-ring (bicyclic) bond motifs is 3. The van der Waals surface area contributed by atoms with Crippen molar-refractivity contribution in [3.05, 3.63) is 58.3 Å². The molecule has 10 nitrogen and oxygen atoms in total. The van der Waals surface area contributed by atoms with Gasteiger partial charge in [-0.1, -0.05) is 0 Å². The predicted molar refractivity (Wildman–Crippen MR) is 126 cm³/mol. The Kier molecular flexibility index (Phi) is 5.34. The summed E-state index contributed by atoms with van der Waals surface area (Å²) in [6.07, 6.45) is 3.00. The Balaban J connectivity index is 1.75. The molecule has 1 saturated carbocycles. The number of hydrogen-bond acceptors (Lipinski definition) is 9. The molecule has 1 heterocycles. The topological polar surface area (TPSA) is 175 Å². The molecule has 0 saturated heterocycles. The van der Waals surface area contributed by atoms with Gasteiger partial charge in [0.2, 0.25) is 5.78 Å². The van der Waals surface area contributed by atoms with Crippen molar-refractivity contribution >= 4 is 23.2 Å². The van der Waals surface area contributed by atoms with Crippen LogP contribution in [0.1, 0.15) is 29.5 Å². The van der Waals surface area contributed by atoms with Crippen LogP contribution in [0.3, 0.4) is 0 Å². The highest BCUT2D eigenvalue weighted by Gasteiger charge is 2.60. The van der Waals surface area contributed by atoms with Gasteiger partial charge in [0.25, 0.3) is 5.91 Å². The summed E-state index contributed by atoms with van der Waals surface area (Å²) in [6, 6.07) is 3.57. The SMILES string of the molecule is CN(C)Cc1cc(-c2ccoc2)c2c(c1O)C(O)=C1C(=O)[C@]3(O)C(O)=C(C(N)=O)C(=O)C[C@@H]3C[C@@H]1C2. The molecule has 1 aromatic heterocycles. The standard InChI is InChI=1S/C26H26N2O8/c1-28(2)9-13-7-15(11-3-4-36-10-11)16-6-12-5-14-8-17(29)20(25(27)34)24(33)26(14,35)23(32)18(12)22(31)19(16)21(13)30/h3-4,7,10,12,14,30-31,33,35H,5-6,8-9H2,1-2H3,(H2,27,34)/t12-,14+,26+/m1/s1. The molecule has 6 N–H and O–H groups in total. The summed E-state index contributed by atoms with van der Waals surface area (Å²) in [5.74, 6) is -6.42. The van der Waals surface area contributed by atoms with E-state index in [1.807, 2.05) is 25.1 Å². The molecule has 3 atom stereocenters. The molecule has 5 rings (SSSR count). The smallest absolute Gasteiger partial charge is 0.255 e. The fourth-order valence-corrected chi connectivity index (χ4v) is 5.88. The van der Waals surface area contributed by atoms with E-state index in [0.717, 1.165) is 5.56 Å². The molecule has 0 radical (unpaired) electrons. The van der Waals surface area contributed by atoms with E-state index in [1.54, 1.807) is 12.3 Å². The number of aliphatic hydroxyl groups is 3. The van der Waals surface area contributed by atoms with Gasteiger partial charge in [0.1, 0.15) is 22.8 Å². The molecule has 0 unspecified atom stereocenters. The minimum absolute atomic E-state index is 0.0673. The number of hydrogen-bond donors (Lipinski definition) is 5. The molecule has 36 heavy (non-hydrogen) atoms. The third-order valence-electron chi connectivity index (χ3n) is 7.46. The molecule has 3 aliphatic rings. The zero-order chi connectivity index (χ0) is 26.1. The van der Waals surface area contributed by atoms with E-state index in [0.29, 0.717) is 23.2 Å². The predicted octanol–water partition coefficient (Wildman–Crippen LogP) is 1.75. The van der Waals surface area contributed by atoms with Crippen molar-refractivity contribution < 1.29 is 39.2 Å². The largest absolute Gasteiger partial charge is 0.508 e. The summed E-state index contributed by atoms with van der Waals surface area (Å²) in [5, 5.41) is 44.6. The first-order valence-electron chi connectivity index (χ1n) is 11.5. The molecular formula is C26H26N2O8. The molecule has 3 aliphatic carbocycles. The Morgan fingerprint density at radius 1 is 1.22 bits per heavy atom. The number of Topliss-reactive ketones (excluding diaryl/α,β-unsaturated/α-hetero) is 2. The number of amides is 1. The number of aliphatic hydroxyl groups excluding tert-OH is 2. The molecule has 10 heteroatoms. The molecule has 1 amide bonds. The summed E-state index contributed by atoms with van der Waals surface area (Å²) < 4.78 is 5.26. The van der Waals surface area contributed by atoms with Gasteiger partial charge in [0, 0.05) is 35.6 Å². The highest BCUT2D eigenvalue weighted by molar-refractivity contribution is 6.22. The zero-order valence-corrected chi connectivity index (χ0v) is 19.7. The summed E-state index contributed by atoms with van der Waals surface area (Å²) in [5.41, 5.74) is 4.27. The summed E-state index contributed by atoms with van der Waals surface area (Å²) in [7, 11) is 3.64. The Hall–Kier alpha value is -3.89. The van der Waals surface area contributed by atoms with Crippen LogP contribution in [-0.4, -0.2) is 62.5 Å². The Labute approximate surface area is 205 Å². The van der Waals surface area contributed by atoms with Gasteiger partial charge in [-0.2, -0.15) is 0 Å². The van der Waals surface area contributed by atoms with Crippen LogP contribution in [0.4, 0.5) is 0 Å². The minimum atomic E-state index is -2.58. The van der Waals surface area contributed by atoms with Crippen LogP contribution >= 0.6 is 0 Å². The van der Waals surface area contributed by atoms with E-state index in [1.165, 1.54) is 6.26 Å². The second-order valence-corrected chi connectivity index (χ2v) is 9.94. The highest BCUT2D eigenvalue weighted by atomic mass is 16.3. The molecular weight excluding hydrogens is 468 g/mol. The fourth-order valence-electron chi connectivity index (χ4n) is 5.88. The van der Waals surface area contributed by atoms with Gasteiger partial charge in [-0.15, -0.1) is 0 Å². The molecule has 2 aromatic rings. The van der Waals surface area contributed by atoms with Crippen molar-refractivity contribution in [3.8, 4) is 16.9 Å². The Morgan fingerprint density at radius 3 is 2.56 bits per heavy atom. The lowest BCUT2D eigenvalue weighted by molar-refractivity contribution is -0.147. The third kappa shape index (κ3) is 3.21. The molecule has 188 valence electrons. The number of benzene rings is 1. The maximum Gasteiger partial charge on any atom is 0.255 e. The molecule has 1 aromatic carbocycles. The van der Waals surface area contributed by atoms with Crippen molar-refractivity contribution in [1.29, 1.82) is 0 Å². The van der Waals surface area contributed by atoms with E-state index in [-0.39, 0.29) is 36.1 Å². The van der Waals surface area contributed by atoms with Crippen molar-refractivity contribution in [3.63, 3.8) is 0 Å². The molecule has 0 spiro atoms. The van der Waals surface area contributed by atoms with Crippen LogP contribution in [0.25, 0.3) is 16.9 Å². The first-order chi connectivity index (χ1) is 17.0. The lowest BCUT2D eigenvalue weighted by Gasteiger charge is -2.46. The summed E-state index contributed by atoms with van der Waals surface area (Å²) in [6.45, 7) is 0.337. The van der Waals surface area contributed by atoms with E-state index < -0.39 is 52.0 Å². The van der Waals surface area contributed by atoms with Crippen LogP contribution in [0, 0.1) is 11.8 Å². The van der Waals surface area contributed by atoms with E-state index in [2.05, 4.69) is 0 Å². The number of nitrogens with zero attached hydrogens (tertiary/aromatic N) is 1. The van der Waals surface area contributed by atoms with Gasteiger partial charge in [0.05, 0.1) is 18.1 Å². The van der Waals surface area contributed by atoms with E-state index >= 15 is 0 Å². The highest BCUT2D eigenvalue weighted by Crippen LogP contribution is 2.53. The maximum absolute atomic E-state index is 13.7. The fraction of sp³-hybridized carbons (Fsp3) is 0.346. The van der Waals surface area contributed by atoms with E-state index in [9.17, 15) is 34.8 Å². The van der Waals surface area contributed by atoms with Crippen molar-refractivity contribution in [2.75, 3.05) is 14.1 Å². The zero-order valence-electron chi connectivity index (χ0n) is 19.7. The van der Waals surface area contributed by atoms with Crippen LogP contribution in [0.5, 0.6) is 5.75 Å². The third-order valence-corrected chi connectivity index (χ3v) is 7.46. The average Bonchev–Trinajstić information content (AvgIpc) is 3.32. The number of primary amides is 1. The van der Waals surface area contributed by atoms with Gasteiger partial charge in [0.15, 0.2) is 11.4 Å². The second kappa shape index (κ2) is 8.07. The lowest BCUT2D eigenvalue weighted by Crippen LogP contribution is -2.58. The summed E-state index contributed by atoms with van der Waals surface area (Å²) >= 11 is 0. The number of carbonyl (C=O) groups is 3. The maximum atomic E-state index is 13.7. The van der Waals surface area contributed by atoms with Crippen LogP contribution in [-0.2, 0) is 27.3 Å². The number of furan rings is 1. The van der Waals surface area contributed by atoms with Gasteiger partial charge >= 0.3 is 0 Å². The van der Waals surface area contributed by atoms with Crippen LogP contribution in [0.15, 0.2) is 46.0 Å². The first-order valence-corrected chi connectivity index (χ1v) is 11.5. The van der Waals surface area contributed by atoms with Gasteiger partial charge in [-0.3, -0.25) is 14.4 Å². The van der Waals surface area contributed by atoms with Gasteiger partial charge in [-0.25, -0.2) is 0 Å². The van der Waals surface area contributed by atoms with Crippen LogP contribution < -0.4 is 5.73 Å². The first kappa shape index (κ1) is 23.8. The molecule has 1 fully saturated rings. The van der Waals surface area contributed by atoms with Crippen molar-refractivity contribution in [2.45, 2.75) is 31.4 Å². The summed E-state index contributed by atoms with van der Waals surface area (Å²) in [4.78, 5) is 39.8. The Bertz CT molecular complexity index is 1390. The minimum Gasteiger partial charge on any atom is -0.508 e. The number of carbonyl (C=O) groups excluding carboxylic acids is 3. The number of nitrogens with two attached hydrogens (primary N) is 1. The number of phenolic OH excluding ortho intramolecular Hbond substituents is 1. The average molecular weight is 495 g/mol. The Morgan fingerprint density at radius 2 is 1.94 bits per heavy atom. The molecule has 0 aliphatic heterocycles. The second-order valence-electron chi connectivity index (χ2n) is 9.94. The van der Waals surface area contributed by atoms with Crippen LogP contribution in [0.2, 0.25) is 0 Å². The quantitative estimate of drug-likeness (QED) is 0.397. The van der Waals surface area contributed by atoms with Crippen molar-refractivity contribution in [1.82, 2.24) is 4.90 Å². The number of rotatable bonds is 4. The lowest BCUT2D eigenvalue weighted by atomic mass is 9.59. The monoisotopic (exact) mass is 494 g/mol. The number of aromatic hydroxyl groups is 1. The van der Waals surface area contributed by atoms with Gasteiger partial charge in [-0.05, 0) is 56.1 Å². The number of ketones is 2. The number of phenols is 1. The van der Waals surface area contributed by atoms with Crippen molar-refractivity contribution in [2.24, 2.45) is 17.6 Å². The molecule has 0 bridgehead atoms.